The molecule has 1 aliphatic rings. The first-order valence-electron chi connectivity index (χ1n) is 9.42. The third-order valence-corrected chi connectivity index (χ3v) is 9.25. The minimum atomic E-state index is -2.41. The quantitative estimate of drug-likeness (QED) is 0.312. The molecule has 1 aliphatic heterocycles. The molecule has 1 heterocycles. The standard InChI is InChI=1S/C16H34O4Si.C3H6/c1-6-8-9-13-20-15-11-10-14-21(18-4,19-5)16(15,17-3)12-7-2;1-3-2/h15H,6-14H2,1-5H3;3H,1H2,2H3. The maximum absolute atomic E-state index is 6.25. The Labute approximate surface area is 151 Å². The fraction of sp³-hybridized carbons (Fsp3) is 0.895. The molecule has 0 aromatic carbocycles. The number of hydrogen-bond acceptors (Lipinski definition) is 4. The van der Waals surface area contributed by atoms with Crippen molar-refractivity contribution in [2.75, 3.05) is 27.9 Å². The van der Waals surface area contributed by atoms with Gasteiger partial charge in [0.2, 0.25) is 0 Å². The summed E-state index contributed by atoms with van der Waals surface area (Å²) in [4.78, 5) is 0. The van der Waals surface area contributed by atoms with Crippen LogP contribution >= 0.6 is 0 Å². The Bertz CT molecular complexity index is 320. The lowest BCUT2D eigenvalue weighted by molar-refractivity contribution is -0.123. The molecule has 1 fully saturated rings. The molecule has 2 unspecified atom stereocenters. The van der Waals surface area contributed by atoms with Gasteiger partial charge in [-0.1, -0.05) is 39.2 Å². The van der Waals surface area contributed by atoms with Gasteiger partial charge in [-0.3, -0.25) is 0 Å². The molecule has 5 heteroatoms. The minimum Gasteiger partial charge on any atom is -0.396 e. The summed E-state index contributed by atoms with van der Waals surface area (Å²) < 4.78 is 24.2. The summed E-state index contributed by atoms with van der Waals surface area (Å²) in [5.74, 6) is 0. The Balaban J connectivity index is 0.00000163. The molecule has 0 saturated carbocycles. The molecule has 1 saturated heterocycles. The van der Waals surface area contributed by atoms with Crippen molar-refractivity contribution in [3.05, 3.63) is 12.7 Å². The molecule has 0 radical (unpaired) electrons. The fourth-order valence-electron chi connectivity index (χ4n) is 3.75. The van der Waals surface area contributed by atoms with Crippen LogP contribution in [0.4, 0.5) is 0 Å². The average molecular weight is 361 g/mol. The summed E-state index contributed by atoms with van der Waals surface area (Å²) in [6.45, 7) is 10.5. The van der Waals surface area contributed by atoms with E-state index in [1.807, 2.05) is 6.92 Å². The number of allylic oxidation sites excluding steroid dienone is 1. The molecule has 4 nitrogen and oxygen atoms in total. The highest BCUT2D eigenvalue weighted by Crippen LogP contribution is 2.44. The van der Waals surface area contributed by atoms with Crippen molar-refractivity contribution in [2.45, 2.75) is 83.1 Å². The van der Waals surface area contributed by atoms with E-state index in [4.69, 9.17) is 18.3 Å². The third kappa shape index (κ3) is 5.66. The maximum Gasteiger partial charge on any atom is 0.373 e. The molecule has 1 rings (SSSR count). The van der Waals surface area contributed by atoms with E-state index in [0.29, 0.717) is 0 Å². The van der Waals surface area contributed by atoms with Gasteiger partial charge in [-0.15, -0.1) is 6.58 Å². The number of rotatable bonds is 10. The molecular formula is C19H40O4Si. The summed E-state index contributed by atoms with van der Waals surface area (Å²) in [5, 5.41) is -0.379. The smallest absolute Gasteiger partial charge is 0.373 e. The SMILES string of the molecule is C=CC.CCCCCOC1CCC[Si](OC)(OC)C1(CCC)OC. The molecule has 0 bridgehead atoms. The molecule has 0 N–H and O–H groups in total. The van der Waals surface area contributed by atoms with Crippen molar-refractivity contribution in [3.8, 4) is 0 Å². The number of unbranched alkanes of at least 4 members (excludes halogenated alkanes) is 2. The molecule has 24 heavy (non-hydrogen) atoms. The van der Waals surface area contributed by atoms with Gasteiger partial charge < -0.3 is 18.3 Å². The normalized spacial score (nSPS) is 25.7. The summed E-state index contributed by atoms with van der Waals surface area (Å²) >= 11 is 0. The van der Waals surface area contributed by atoms with Gasteiger partial charge >= 0.3 is 8.56 Å². The highest BCUT2D eigenvalue weighted by Gasteiger charge is 2.63. The van der Waals surface area contributed by atoms with Crippen LogP contribution in [-0.4, -0.2) is 47.8 Å². The number of hydrogen-bond donors (Lipinski definition) is 0. The van der Waals surface area contributed by atoms with Crippen molar-refractivity contribution >= 4 is 8.56 Å². The lowest BCUT2D eigenvalue weighted by atomic mass is 10.0. The van der Waals surface area contributed by atoms with E-state index in [9.17, 15) is 0 Å². The summed E-state index contributed by atoms with van der Waals surface area (Å²) in [6.07, 6.45) is 9.53. The van der Waals surface area contributed by atoms with E-state index in [0.717, 1.165) is 44.8 Å². The van der Waals surface area contributed by atoms with Crippen molar-refractivity contribution in [2.24, 2.45) is 0 Å². The maximum atomic E-state index is 6.25. The van der Waals surface area contributed by atoms with Crippen LogP contribution in [0.3, 0.4) is 0 Å². The molecule has 2 atom stereocenters. The summed E-state index contributed by atoms with van der Waals surface area (Å²) in [5.41, 5.74) is 0. The molecule has 0 amide bonds. The molecular weight excluding hydrogens is 320 g/mol. The van der Waals surface area contributed by atoms with E-state index < -0.39 is 8.56 Å². The second kappa shape index (κ2) is 13.1. The van der Waals surface area contributed by atoms with Crippen molar-refractivity contribution in [1.29, 1.82) is 0 Å². The second-order valence-corrected chi connectivity index (χ2v) is 10.0. The Morgan fingerprint density at radius 1 is 1.12 bits per heavy atom. The van der Waals surface area contributed by atoms with Crippen LogP contribution in [0.1, 0.15) is 65.7 Å². The number of methoxy groups -OCH3 is 1. The van der Waals surface area contributed by atoms with Crippen molar-refractivity contribution in [1.82, 2.24) is 0 Å². The van der Waals surface area contributed by atoms with E-state index in [-0.39, 0.29) is 11.3 Å². The lowest BCUT2D eigenvalue weighted by Gasteiger charge is -2.51. The Hall–Kier alpha value is -0.203. The largest absolute Gasteiger partial charge is 0.396 e. The van der Waals surface area contributed by atoms with Crippen LogP contribution in [0.15, 0.2) is 12.7 Å². The van der Waals surface area contributed by atoms with Crippen LogP contribution in [0.25, 0.3) is 0 Å². The zero-order chi connectivity index (χ0) is 18.5. The number of ether oxygens (including phenoxy) is 2. The summed E-state index contributed by atoms with van der Waals surface area (Å²) in [6, 6.07) is 0.989. The third-order valence-electron chi connectivity index (χ3n) is 4.85. The van der Waals surface area contributed by atoms with Gasteiger partial charge in [0.15, 0.2) is 0 Å². The van der Waals surface area contributed by atoms with E-state index in [1.54, 1.807) is 27.4 Å². The predicted octanol–water partition coefficient (Wildman–Crippen LogP) is 5.01. The topological polar surface area (TPSA) is 36.9 Å². The highest BCUT2D eigenvalue weighted by molar-refractivity contribution is 6.71. The van der Waals surface area contributed by atoms with Gasteiger partial charge in [0, 0.05) is 27.9 Å². The Morgan fingerprint density at radius 2 is 1.75 bits per heavy atom. The molecule has 0 spiro atoms. The Kier molecular flexibility index (Phi) is 13.0. The van der Waals surface area contributed by atoms with E-state index in [2.05, 4.69) is 20.4 Å². The zero-order valence-electron chi connectivity index (χ0n) is 16.9. The van der Waals surface area contributed by atoms with Gasteiger partial charge in [0.25, 0.3) is 0 Å². The van der Waals surface area contributed by atoms with Gasteiger partial charge in [0.05, 0.1) is 6.10 Å². The van der Waals surface area contributed by atoms with Crippen molar-refractivity contribution < 1.29 is 18.3 Å². The van der Waals surface area contributed by atoms with E-state index >= 15 is 0 Å². The predicted molar refractivity (Wildman–Crippen MR) is 104 cm³/mol. The lowest BCUT2D eigenvalue weighted by Crippen LogP contribution is -2.71. The highest BCUT2D eigenvalue weighted by atomic mass is 28.4. The molecule has 0 aliphatic carbocycles. The van der Waals surface area contributed by atoms with Crippen LogP contribution < -0.4 is 0 Å². The van der Waals surface area contributed by atoms with Gasteiger partial charge in [-0.25, -0.2) is 0 Å². The monoisotopic (exact) mass is 360 g/mol. The van der Waals surface area contributed by atoms with Crippen LogP contribution in [-0.2, 0) is 18.3 Å². The van der Waals surface area contributed by atoms with Gasteiger partial charge in [0.1, 0.15) is 5.22 Å². The van der Waals surface area contributed by atoms with Crippen LogP contribution in [0.5, 0.6) is 0 Å². The zero-order valence-corrected chi connectivity index (χ0v) is 17.9. The first-order chi connectivity index (χ1) is 11.6. The molecule has 0 aromatic rings. The minimum absolute atomic E-state index is 0.0969. The average Bonchev–Trinajstić information content (AvgIpc) is 2.60. The first-order valence-corrected chi connectivity index (χ1v) is 11.4. The van der Waals surface area contributed by atoms with Crippen molar-refractivity contribution in [3.63, 3.8) is 0 Å². The van der Waals surface area contributed by atoms with Gasteiger partial charge in [-0.05, 0) is 38.7 Å². The second-order valence-electron chi connectivity index (χ2n) is 6.37. The molecule has 0 aromatic heterocycles. The fourth-order valence-corrected chi connectivity index (χ4v) is 7.77. The first kappa shape index (κ1) is 23.8. The summed E-state index contributed by atoms with van der Waals surface area (Å²) in [7, 11) is 2.94. The van der Waals surface area contributed by atoms with Crippen LogP contribution in [0, 0.1) is 0 Å². The van der Waals surface area contributed by atoms with Crippen LogP contribution in [0.2, 0.25) is 6.04 Å². The molecule has 144 valence electrons. The van der Waals surface area contributed by atoms with E-state index in [1.165, 1.54) is 12.8 Å². The Morgan fingerprint density at radius 3 is 2.21 bits per heavy atom. The van der Waals surface area contributed by atoms with Gasteiger partial charge in [-0.2, -0.15) is 0 Å².